The second-order valence-corrected chi connectivity index (χ2v) is 6.68. The fourth-order valence-electron chi connectivity index (χ4n) is 3.22. The predicted molar refractivity (Wildman–Crippen MR) is 109 cm³/mol. The number of aromatic amines is 1. The summed E-state index contributed by atoms with van der Waals surface area (Å²) in [7, 11) is 0. The van der Waals surface area contributed by atoms with Crippen LogP contribution in [-0.2, 0) is 16.1 Å². The number of aromatic nitrogens is 2. The molecule has 8 heteroatoms. The van der Waals surface area contributed by atoms with Crippen LogP contribution < -0.4 is 21.5 Å². The Hall–Kier alpha value is -3.94. The van der Waals surface area contributed by atoms with Gasteiger partial charge in [-0.2, -0.15) is 4.98 Å². The molecule has 2 amide bonds. The molecule has 4 N–H and O–H groups in total. The summed E-state index contributed by atoms with van der Waals surface area (Å²) in [6, 6.07) is 18.6. The zero-order valence-corrected chi connectivity index (χ0v) is 15.4. The van der Waals surface area contributed by atoms with Crippen LogP contribution >= 0.6 is 0 Å². The molecule has 0 radical (unpaired) electrons. The first-order valence-corrected chi connectivity index (χ1v) is 9.18. The van der Waals surface area contributed by atoms with Crippen molar-refractivity contribution in [2.45, 2.75) is 18.9 Å². The van der Waals surface area contributed by atoms with Gasteiger partial charge in [0.2, 0.25) is 17.8 Å². The summed E-state index contributed by atoms with van der Waals surface area (Å²) >= 11 is 0. The number of hydrogen-bond donors (Lipinski definition) is 4. The van der Waals surface area contributed by atoms with Crippen LogP contribution in [0.2, 0.25) is 0 Å². The third-order valence-electron chi connectivity index (χ3n) is 4.61. The lowest BCUT2D eigenvalue weighted by atomic mass is 9.92. The molecule has 0 aliphatic carbocycles. The highest BCUT2D eigenvalue weighted by Gasteiger charge is 2.34. The third-order valence-corrected chi connectivity index (χ3v) is 4.61. The SMILES string of the molecule is O=C1C[C@H](C(=O)NCc2ccccc2)c2c(nc(Nc3ccccc3)[nH]c2=O)N1. The summed E-state index contributed by atoms with van der Waals surface area (Å²) in [6.45, 7) is 0.312. The highest BCUT2D eigenvalue weighted by Crippen LogP contribution is 2.29. The molecule has 0 unspecified atom stereocenters. The van der Waals surface area contributed by atoms with Gasteiger partial charge in [-0.3, -0.25) is 19.4 Å². The maximum Gasteiger partial charge on any atom is 0.258 e. The Labute approximate surface area is 166 Å². The molecule has 8 nitrogen and oxygen atoms in total. The van der Waals surface area contributed by atoms with Gasteiger partial charge in [0.1, 0.15) is 5.82 Å². The van der Waals surface area contributed by atoms with E-state index in [1.165, 1.54) is 0 Å². The van der Waals surface area contributed by atoms with Crippen molar-refractivity contribution in [2.24, 2.45) is 0 Å². The van der Waals surface area contributed by atoms with Gasteiger partial charge in [-0.1, -0.05) is 48.5 Å². The van der Waals surface area contributed by atoms with Gasteiger partial charge in [0.25, 0.3) is 5.56 Å². The zero-order chi connectivity index (χ0) is 20.2. The lowest BCUT2D eigenvalue weighted by Crippen LogP contribution is -2.39. The summed E-state index contributed by atoms with van der Waals surface area (Å²) in [5.74, 6) is -1.36. The maximum absolute atomic E-state index is 12.7. The predicted octanol–water partition coefficient (Wildman–Crippen LogP) is 2.26. The number of hydrogen-bond acceptors (Lipinski definition) is 5. The van der Waals surface area contributed by atoms with E-state index in [-0.39, 0.29) is 35.6 Å². The molecule has 0 saturated carbocycles. The number of carbonyl (C=O) groups excluding carboxylic acids is 2. The van der Waals surface area contributed by atoms with E-state index in [1.807, 2.05) is 60.7 Å². The van der Waals surface area contributed by atoms with E-state index in [0.29, 0.717) is 6.54 Å². The molecule has 0 fully saturated rings. The second kappa shape index (κ2) is 7.97. The van der Waals surface area contributed by atoms with Gasteiger partial charge >= 0.3 is 0 Å². The number of amides is 2. The number of nitrogens with zero attached hydrogens (tertiary/aromatic N) is 1. The summed E-state index contributed by atoms with van der Waals surface area (Å²) in [5, 5.41) is 8.37. The van der Waals surface area contributed by atoms with E-state index in [2.05, 4.69) is 25.9 Å². The highest BCUT2D eigenvalue weighted by atomic mass is 16.2. The van der Waals surface area contributed by atoms with Gasteiger partial charge in [0.05, 0.1) is 11.5 Å². The average molecular weight is 389 g/mol. The number of H-pyrrole nitrogens is 1. The lowest BCUT2D eigenvalue weighted by Gasteiger charge is -2.23. The van der Waals surface area contributed by atoms with Crippen molar-refractivity contribution in [1.82, 2.24) is 15.3 Å². The molecular weight excluding hydrogens is 370 g/mol. The molecule has 2 aromatic carbocycles. The van der Waals surface area contributed by atoms with Crippen molar-refractivity contribution in [3.8, 4) is 0 Å². The van der Waals surface area contributed by atoms with Crippen LogP contribution in [0, 0.1) is 0 Å². The summed E-state index contributed by atoms with van der Waals surface area (Å²) in [4.78, 5) is 44.5. The molecule has 0 bridgehead atoms. The van der Waals surface area contributed by atoms with Crippen LogP contribution in [0.15, 0.2) is 65.5 Å². The molecule has 0 spiro atoms. The van der Waals surface area contributed by atoms with E-state index in [0.717, 1.165) is 11.3 Å². The molecule has 1 aromatic heterocycles. The molecular formula is C21H19N5O3. The standard InChI is InChI=1S/C21H19N5O3/c27-16-11-15(19(28)22-12-13-7-3-1-4-8-13)17-18(24-16)25-21(26-20(17)29)23-14-9-5-2-6-10-14/h1-10,15H,11-12H2,(H,22,28)(H3,23,24,25,26,27,29)/t15-/m0/s1. The second-order valence-electron chi connectivity index (χ2n) is 6.68. The summed E-state index contributed by atoms with van der Waals surface area (Å²) < 4.78 is 0. The number of anilines is 3. The minimum absolute atomic E-state index is 0.100. The number of rotatable bonds is 5. The minimum atomic E-state index is -0.899. The topological polar surface area (TPSA) is 116 Å². The van der Waals surface area contributed by atoms with Crippen LogP contribution in [0.5, 0.6) is 0 Å². The number of fused-ring (bicyclic) bond motifs is 1. The van der Waals surface area contributed by atoms with Crippen LogP contribution in [0.1, 0.15) is 23.5 Å². The molecule has 29 heavy (non-hydrogen) atoms. The van der Waals surface area contributed by atoms with Gasteiger partial charge in [0, 0.05) is 18.7 Å². The molecule has 3 aromatic rings. The molecule has 1 atom stereocenters. The molecule has 4 rings (SSSR count). The van der Waals surface area contributed by atoms with E-state index in [1.54, 1.807) is 0 Å². The zero-order valence-electron chi connectivity index (χ0n) is 15.4. The van der Waals surface area contributed by atoms with E-state index in [4.69, 9.17) is 0 Å². The minimum Gasteiger partial charge on any atom is -0.351 e. The van der Waals surface area contributed by atoms with E-state index < -0.39 is 11.5 Å². The van der Waals surface area contributed by atoms with E-state index >= 15 is 0 Å². The van der Waals surface area contributed by atoms with Crippen molar-refractivity contribution in [2.75, 3.05) is 10.6 Å². The molecule has 146 valence electrons. The van der Waals surface area contributed by atoms with Crippen molar-refractivity contribution in [3.63, 3.8) is 0 Å². The summed E-state index contributed by atoms with van der Waals surface area (Å²) in [6.07, 6.45) is -0.107. The average Bonchev–Trinajstić information content (AvgIpc) is 2.72. The normalized spacial score (nSPS) is 15.2. The Morgan fingerprint density at radius 1 is 1.03 bits per heavy atom. The van der Waals surface area contributed by atoms with Gasteiger partial charge in [-0.15, -0.1) is 0 Å². The summed E-state index contributed by atoms with van der Waals surface area (Å²) in [5.41, 5.74) is 1.35. The quantitative estimate of drug-likeness (QED) is 0.534. The van der Waals surface area contributed by atoms with Gasteiger partial charge in [-0.05, 0) is 17.7 Å². The number of carbonyl (C=O) groups is 2. The molecule has 1 aliphatic heterocycles. The number of para-hydroxylation sites is 1. The first-order valence-electron chi connectivity index (χ1n) is 9.18. The van der Waals surface area contributed by atoms with Crippen LogP contribution in [0.25, 0.3) is 0 Å². The fourth-order valence-corrected chi connectivity index (χ4v) is 3.22. The smallest absolute Gasteiger partial charge is 0.258 e. The van der Waals surface area contributed by atoms with Gasteiger partial charge in [-0.25, -0.2) is 0 Å². The number of nitrogens with one attached hydrogen (secondary N) is 4. The Bertz CT molecular complexity index is 1100. The molecule has 2 heterocycles. The van der Waals surface area contributed by atoms with Gasteiger partial charge < -0.3 is 16.0 Å². The Morgan fingerprint density at radius 2 is 1.72 bits per heavy atom. The Balaban J connectivity index is 1.58. The monoisotopic (exact) mass is 389 g/mol. The lowest BCUT2D eigenvalue weighted by molar-refractivity contribution is -0.126. The van der Waals surface area contributed by atoms with Crippen LogP contribution in [0.3, 0.4) is 0 Å². The van der Waals surface area contributed by atoms with Crippen molar-refractivity contribution >= 4 is 29.3 Å². The highest BCUT2D eigenvalue weighted by molar-refractivity contribution is 6.00. The largest absolute Gasteiger partial charge is 0.351 e. The Morgan fingerprint density at radius 3 is 2.45 bits per heavy atom. The maximum atomic E-state index is 12.7. The first-order chi connectivity index (χ1) is 14.1. The van der Waals surface area contributed by atoms with Crippen LogP contribution in [-0.4, -0.2) is 21.8 Å². The first kappa shape index (κ1) is 18.4. The molecule has 1 aliphatic rings. The van der Waals surface area contributed by atoms with Crippen LogP contribution in [0.4, 0.5) is 17.5 Å². The van der Waals surface area contributed by atoms with E-state index in [9.17, 15) is 14.4 Å². The van der Waals surface area contributed by atoms with Crippen molar-refractivity contribution in [1.29, 1.82) is 0 Å². The van der Waals surface area contributed by atoms with Crippen molar-refractivity contribution in [3.05, 3.63) is 82.1 Å². The number of benzene rings is 2. The molecule has 0 saturated heterocycles. The third kappa shape index (κ3) is 4.16. The Kier molecular flexibility index (Phi) is 5.07. The van der Waals surface area contributed by atoms with Gasteiger partial charge in [0.15, 0.2) is 0 Å². The van der Waals surface area contributed by atoms with Crippen molar-refractivity contribution < 1.29 is 9.59 Å². The fraction of sp³-hybridized carbons (Fsp3) is 0.143.